The standard InChI is InChI=1S/C5H14O3SSi.C2H4OS/c1-6-10(7-2,8-3)5-4-9;1-2(3)4/h9H,4-5H2,1-3H3;1H3,(H,3,4)/p-1. The largest absolute Gasteiger partial charge is 0.742 e. The second-order valence-corrected chi connectivity index (χ2v) is 6.37. The summed E-state index contributed by atoms with van der Waals surface area (Å²) in [7, 11) is 2.51. The molecule has 0 rings (SSSR count). The normalized spacial score (nSPS) is 10.4. The third-order valence-electron chi connectivity index (χ3n) is 1.35. The Hall–Kier alpha value is 0.337. The Labute approximate surface area is 97.5 Å². The molecule has 86 valence electrons. The van der Waals surface area contributed by atoms with Crippen LogP contribution in [-0.2, 0) is 30.7 Å². The first-order chi connectivity index (χ1) is 6.47. The van der Waals surface area contributed by atoms with Gasteiger partial charge < -0.3 is 30.7 Å². The molecule has 0 aliphatic carbocycles. The van der Waals surface area contributed by atoms with Crippen LogP contribution >= 0.6 is 12.6 Å². The fraction of sp³-hybridized carbons (Fsp3) is 0.857. The monoisotopic (exact) mass is 257 g/mol. The van der Waals surface area contributed by atoms with Crippen LogP contribution in [0.25, 0.3) is 0 Å². The zero-order valence-electron chi connectivity index (χ0n) is 8.90. The van der Waals surface area contributed by atoms with Crippen molar-refractivity contribution >= 4 is 39.2 Å². The van der Waals surface area contributed by atoms with E-state index in [4.69, 9.17) is 13.3 Å². The van der Waals surface area contributed by atoms with E-state index in [1.165, 1.54) is 6.92 Å². The molecule has 0 aliphatic rings. The van der Waals surface area contributed by atoms with Gasteiger partial charge in [0.05, 0.1) is 0 Å². The molecule has 0 bridgehead atoms. The van der Waals surface area contributed by atoms with Gasteiger partial charge in [0.25, 0.3) is 0 Å². The predicted octanol–water partition coefficient (Wildman–Crippen LogP) is 0.874. The van der Waals surface area contributed by atoms with E-state index in [1.807, 2.05) is 0 Å². The molecule has 4 nitrogen and oxygen atoms in total. The Morgan fingerprint density at radius 2 is 1.57 bits per heavy atom. The second kappa shape index (κ2) is 9.88. The van der Waals surface area contributed by atoms with E-state index < -0.39 is 8.80 Å². The van der Waals surface area contributed by atoms with E-state index in [-0.39, 0.29) is 5.12 Å². The van der Waals surface area contributed by atoms with Gasteiger partial charge in [0, 0.05) is 32.5 Å². The zero-order chi connectivity index (χ0) is 11.6. The Bertz CT molecular complexity index is 140. The van der Waals surface area contributed by atoms with Gasteiger partial charge in [0.15, 0.2) is 0 Å². The first kappa shape index (κ1) is 16.8. The highest BCUT2D eigenvalue weighted by Gasteiger charge is 2.36. The first-order valence-corrected chi connectivity index (χ1v) is 6.89. The highest BCUT2D eigenvalue weighted by Crippen LogP contribution is 2.12. The fourth-order valence-electron chi connectivity index (χ4n) is 0.693. The molecule has 0 amide bonds. The molecular formula is C7H17O4S2Si-. The smallest absolute Gasteiger partial charge is 0.500 e. The molecule has 0 heterocycles. The van der Waals surface area contributed by atoms with Crippen molar-refractivity contribution in [3.8, 4) is 0 Å². The maximum atomic E-state index is 9.26. The van der Waals surface area contributed by atoms with Crippen LogP contribution in [0.4, 0.5) is 0 Å². The number of carbonyl (C=O) groups excluding carboxylic acids is 1. The van der Waals surface area contributed by atoms with Gasteiger partial charge in [0.2, 0.25) is 0 Å². The van der Waals surface area contributed by atoms with Crippen molar-refractivity contribution in [2.24, 2.45) is 0 Å². The van der Waals surface area contributed by atoms with E-state index in [0.717, 1.165) is 11.8 Å². The van der Waals surface area contributed by atoms with Crippen molar-refractivity contribution in [3.63, 3.8) is 0 Å². The number of thiol groups is 1. The van der Waals surface area contributed by atoms with Gasteiger partial charge >= 0.3 is 8.80 Å². The summed E-state index contributed by atoms with van der Waals surface area (Å²) in [4.78, 5) is 9.26. The number of hydrogen-bond donors (Lipinski definition) is 1. The van der Waals surface area contributed by atoms with Crippen molar-refractivity contribution < 1.29 is 18.1 Å². The van der Waals surface area contributed by atoms with Gasteiger partial charge in [-0.3, -0.25) is 0 Å². The highest BCUT2D eigenvalue weighted by molar-refractivity contribution is 7.80. The lowest BCUT2D eigenvalue weighted by Gasteiger charge is -2.23. The third kappa shape index (κ3) is 8.91. The Morgan fingerprint density at radius 1 is 1.29 bits per heavy atom. The molecule has 0 spiro atoms. The molecule has 0 saturated heterocycles. The summed E-state index contributed by atoms with van der Waals surface area (Å²) in [6, 6.07) is 0.750. The van der Waals surface area contributed by atoms with Crippen LogP contribution in [0.1, 0.15) is 6.92 Å². The van der Waals surface area contributed by atoms with Crippen molar-refractivity contribution in [3.05, 3.63) is 0 Å². The molecule has 0 aliphatic heterocycles. The van der Waals surface area contributed by atoms with E-state index in [0.29, 0.717) is 0 Å². The molecule has 0 radical (unpaired) electrons. The second-order valence-electron chi connectivity index (χ2n) is 2.26. The number of hydrogen-bond acceptors (Lipinski definition) is 6. The molecule has 7 heteroatoms. The lowest BCUT2D eigenvalue weighted by molar-refractivity contribution is -0.109. The molecule has 0 saturated carbocycles. The van der Waals surface area contributed by atoms with Gasteiger partial charge in [-0.1, -0.05) is 0 Å². The average Bonchev–Trinajstić information content (AvgIpc) is 2.14. The van der Waals surface area contributed by atoms with Crippen molar-refractivity contribution in [1.29, 1.82) is 0 Å². The lowest BCUT2D eigenvalue weighted by atomic mass is 10.9. The zero-order valence-corrected chi connectivity index (χ0v) is 11.6. The molecular weight excluding hydrogens is 240 g/mol. The lowest BCUT2D eigenvalue weighted by Crippen LogP contribution is -2.42. The molecule has 0 atom stereocenters. The van der Waals surface area contributed by atoms with Crippen LogP contribution in [0.3, 0.4) is 0 Å². The van der Waals surface area contributed by atoms with E-state index in [1.54, 1.807) is 21.3 Å². The van der Waals surface area contributed by atoms with Gasteiger partial charge in [-0.05, 0) is 12.7 Å². The number of carbonyl (C=O) groups is 1. The summed E-state index contributed by atoms with van der Waals surface area (Å²) >= 11 is 8.05. The first-order valence-electron chi connectivity index (χ1n) is 3.92. The Kier molecular flexibility index (Phi) is 11.8. The van der Waals surface area contributed by atoms with Gasteiger partial charge in [-0.25, -0.2) is 0 Å². The van der Waals surface area contributed by atoms with Crippen LogP contribution in [0.2, 0.25) is 6.04 Å². The maximum absolute atomic E-state index is 9.26. The minimum Gasteiger partial charge on any atom is -0.742 e. The van der Waals surface area contributed by atoms with Crippen LogP contribution in [0.15, 0.2) is 0 Å². The van der Waals surface area contributed by atoms with Crippen molar-refractivity contribution in [2.75, 3.05) is 27.1 Å². The third-order valence-corrected chi connectivity index (χ3v) is 4.72. The minimum atomic E-state index is -2.29. The summed E-state index contributed by atoms with van der Waals surface area (Å²) in [5.74, 6) is 0.724. The van der Waals surface area contributed by atoms with E-state index >= 15 is 0 Å². The van der Waals surface area contributed by atoms with Crippen molar-refractivity contribution in [2.45, 2.75) is 13.0 Å². The van der Waals surface area contributed by atoms with Crippen LogP contribution in [-0.4, -0.2) is 41.0 Å². The average molecular weight is 257 g/mol. The van der Waals surface area contributed by atoms with Crippen LogP contribution < -0.4 is 0 Å². The summed E-state index contributed by atoms with van der Waals surface area (Å²) in [6.45, 7) is 1.34. The highest BCUT2D eigenvalue weighted by atomic mass is 32.1. The van der Waals surface area contributed by atoms with Gasteiger partial charge in [-0.2, -0.15) is 12.6 Å². The Balaban J connectivity index is 0. The molecule has 0 aromatic carbocycles. The quantitative estimate of drug-likeness (QED) is 0.450. The summed E-state index contributed by atoms with van der Waals surface area (Å²) < 4.78 is 15.4. The number of rotatable bonds is 5. The summed E-state index contributed by atoms with van der Waals surface area (Å²) in [5.41, 5.74) is 0. The molecule has 0 aromatic rings. The molecule has 0 unspecified atom stereocenters. The molecule has 0 N–H and O–H groups in total. The summed E-state index contributed by atoms with van der Waals surface area (Å²) in [5, 5.41) is -0.250. The molecule has 0 fully saturated rings. The van der Waals surface area contributed by atoms with Crippen LogP contribution in [0.5, 0.6) is 0 Å². The van der Waals surface area contributed by atoms with Gasteiger partial charge in [0.1, 0.15) is 0 Å². The minimum absolute atomic E-state index is 0.250. The summed E-state index contributed by atoms with van der Waals surface area (Å²) in [6.07, 6.45) is 0. The van der Waals surface area contributed by atoms with Crippen molar-refractivity contribution in [1.82, 2.24) is 0 Å². The van der Waals surface area contributed by atoms with E-state index in [2.05, 4.69) is 25.3 Å². The van der Waals surface area contributed by atoms with Crippen LogP contribution in [0, 0.1) is 0 Å². The van der Waals surface area contributed by atoms with E-state index in [9.17, 15) is 4.79 Å². The maximum Gasteiger partial charge on any atom is 0.500 e. The topological polar surface area (TPSA) is 44.8 Å². The Morgan fingerprint density at radius 3 is 1.64 bits per heavy atom. The fourth-order valence-corrected chi connectivity index (χ4v) is 2.90. The molecule has 14 heavy (non-hydrogen) atoms. The predicted molar refractivity (Wildman–Crippen MR) is 63.5 cm³/mol. The molecule has 0 aromatic heterocycles. The SMILES string of the molecule is CC(=O)[S-].CO[Si](CCS)(OC)OC. The van der Waals surface area contributed by atoms with Gasteiger partial charge in [-0.15, -0.1) is 0 Å².